The van der Waals surface area contributed by atoms with Crippen LogP contribution in [0.4, 0.5) is 5.69 Å². The Labute approximate surface area is 159 Å². The monoisotopic (exact) mass is 383 g/mol. The first-order valence-electron chi connectivity index (χ1n) is 7.73. The zero-order valence-corrected chi connectivity index (χ0v) is 15.5. The Balaban J connectivity index is 1.46. The number of aromatic nitrogens is 2. The minimum absolute atomic E-state index is 0.574. The summed E-state index contributed by atoms with van der Waals surface area (Å²) >= 11 is 9.01. The molecule has 4 aromatic rings. The Morgan fingerprint density at radius 1 is 0.960 bits per heavy atom. The van der Waals surface area contributed by atoms with Crippen LogP contribution in [0.3, 0.4) is 0 Å². The molecule has 0 atom stereocenters. The Bertz CT molecular complexity index is 962. The predicted octanol–water partition coefficient (Wildman–Crippen LogP) is 6.20. The number of benzene rings is 2. The molecule has 0 aliphatic carbocycles. The van der Waals surface area contributed by atoms with E-state index < -0.39 is 0 Å². The van der Waals surface area contributed by atoms with Gasteiger partial charge in [-0.3, -0.25) is 0 Å². The van der Waals surface area contributed by atoms with Crippen molar-refractivity contribution in [2.24, 2.45) is 0 Å². The summed E-state index contributed by atoms with van der Waals surface area (Å²) in [5, 5.41) is 6.52. The summed E-state index contributed by atoms with van der Waals surface area (Å²) in [6.45, 7) is 0.721. The van der Waals surface area contributed by atoms with Gasteiger partial charge in [0.05, 0.1) is 12.2 Å². The first-order chi connectivity index (χ1) is 12.3. The van der Waals surface area contributed by atoms with Gasteiger partial charge in [-0.25, -0.2) is 9.97 Å². The van der Waals surface area contributed by atoms with Gasteiger partial charge in [-0.1, -0.05) is 54.1 Å². The lowest BCUT2D eigenvalue weighted by Gasteiger charge is -2.05. The standard InChI is InChI=1S/C19H14ClN3S2/c20-19-22-11-16(25-19)10-21-15-8-6-13(7-9-15)17-12-24-18(23-17)14-4-2-1-3-5-14/h1-9,11-12,21H,10H2. The van der Waals surface area contributed by atoms with Crippen molar-refractivity contribution in [2.75, 3.05) is 5.32 Å². The Hall–Kier alpha value is -2.21. The summed E-state index contributed by atoms with van der Waals surface area (Å²) < 4.78 is 0.574. The lowest BCUT2D eigenvalue weighted by Crippen LogP contribution is -1.96. The van der Waals surface area contributed by atoms with Gasteiger partial charge in [0.15, 0.2) is 4.47 Å². The fraction of sp³-hybridized carbons (Fsp3) is 0.0526. The molecular weight excluding hydrogens is 370 g/mol. The van der Waals surface area contributed by atoms with Gasteiger partial charge in [0, 0.05) is 33.3 Å². The van der Waals surface area contributed by atoms with E-state index in [-0.39, 0.29) is 0 Å². The van der Waals surface area contributed by atoms with Crippen molar-refractivity contribution in [3.63, 3.8) is 0 Å². The Morgan fingerprint density at radius 3 is 2.48 bits per heavy atom. The van der Waals surface area contributed by atoms with Crippen molar-refractivity contribution in [1.82, 2.24) is 9.97 Å². The number of nitrogens with zero attached hydrogens (tertiary/aromatic N) is 2. The summed E-state index contributed by atoms with van der Waals surface area (Å²) in [5.41, 5.74) is 4.33. The molecule has 0 amide bonds. The minimum atomic E-state index is 0.574. The van der Waals surface area contributed by atoms with Crippen LogP contribution in [0.15, 0.2) is 66.2 Å². The van der Waals surface area contributed by atoms with Crippen LogP contribution < -0.4 is 5.32 Å². The summed E-state index contributed by atoms with van der Waals surface area (Å²) in [6.07, 6.45) is 1.80. The van der Waals surface area contributed by atoms with Crippen LogP contribution in [0.1, 0.15) is 4.88 Å². The van der Waals surface area contributed by atoms with Crippen LogP contribution in [-0.4, -0.2) is 9.97 Å². The summed E-state index contributed by atoms with van der Waals surface area (Å²) in [7, 11) is 0. The molecule has 6 heteroatoms. The molecule has 2 heterocycles. The summed E-state index contributed by atoms with van der Waals surface area (Å²) in [5.74, 6) is 0. The minimum Gasteiger partial charge on any atom is -0.380 e. The number of halogens is 1. The molecular formula is C19H14ClN3S2. The van der Waals surface area contributed by atoms with Crippen molar-refractivity contribution >= 4 is 40.0 Å². The van der Waals surface area contributed by atoms with Crippen molar-refractivity contribution < 1.29 is 0 Å². The van der Waals surface area contributed by atoms with Gasteiger partial charge >= 0.3 is 0 Å². The smallest absolute Gasteiger partial charge is 0.183 e. The second-order valence-electron chi connectivity index (χ2n) is 5.41. The summed E-state index contributed by atoms with van der Waals surface area (Å²) in [4.78, 5) is 9.91. The van der Waals surface area contributed by atoms with Crippen LogP contribution in [0.2, 0.25) is 4.47 Å². The second-order valence-corrected chi connectivity index (χ2v) is 7.97. The van der Waals surface area contributed by atoms with Crippen LogP contribution in [0.25, 0.3) is 21.8 Å². The van der Waals surface area contributed by atoms with E-state index in [1.807, 2.05) is 18.2 Å². The first-order valence-corrected chi connectivity index (χ1v) is 9.81. The molecule has 0 spiro atoms. The molecule has 25 heavy (non-hydrogen) atoms. The topological polar surface area (TPSA) is 37.8 Å². The SMILES string of the molecule is Clc1ncc(CNc2ccc(-c3csc(-c4ccccc4)n3)cc2)s1. The van der Waals surface area contributed by atoms with Crippen LogP contribution in [0.5, 0.6) is 0 Å². The number of hydrogen-bond acceptors (Lipinski definition) is 5. The maximum absolute atomic E-state index is 5.85. The lowest BCUT2D eigenvalue weighted by atomic mass is 10.1. The average molecular weight is 384 g/mol. The number of hydrogen-bond donors (Lipinski definition) is 1. The highest BCUT2D eigenvalue weighted by atomic mass is 35.5. The van der Waals surface area contributed by atoms with Gasteiger partial charge in [0.2, 0.25) is 0 Å². The van der Waals surface area contributed by atoms with Crippen LogP contribution >= 0.6 is 34.3 Å². The zero-order chi connectivity index (χ0) is 17.1. The van der Waals surface area contributed by atoms with Crippen molar-refractivity contribution in [2.45, 2.75) is 6.54 Å². The number of rotatable bonds is 5. The van der Waals surface area contributed by atoms with E-state index >= 15 is 0 Å². The molecule has 0 unspecified atom stereocenters. The molecule has 0 bridgehead atoms. The van der Waals surface area contributed by atoms with E-state index in [9.17, 15) is 0 Å². The number of nitrogens with one attached hydrogen (secondary N) is 1. The Morgan fingerprint density at radius 2 is 1.76 bits per heavy atom. The van der Waals surface area contributed by atoms with Gasteiger partial charge in [0.25, 0.3) is 0 Å². The molecule has 4 rings (SSSR count). The quantitative estimate of drug-likeness (QED) is 0.446. The van der Waals surface area contributed by atoms with Gasteiger partial charge in [-0.15, -0.1) is 22.7 Å². The van der Waals surface area contributed by atoms with E-state index in [1.165, 1.54) is 11.3 Å². The third-order valence-corrected chi connectivity index (χ3v) is 5.70. The number of thiazole rings is 2. The number of anilines is 1. The highest BCUT2D eigenvalue weighted by Crippen LogP contribution is 2.29. The lowest BCUT2D eigenvalue weighted by molar-refractivity contribution is 1.17. The fourth-order valence-corrected chi connectivity index (χ4v) is 4.19. The molecule has 0 saturated heterocycles. The maximum atomic E-state index is 5.85. The van der Waals surface area contributed by atoms with Crippen molar-refractivity contribution in [1.29, 1.82) is 0 Å². The van der Waals surface area contributed by atoms with E-state index in [1.54, 1.807) is 17.5 Å². The Kier molecular flexibility index (Phi) is 4.78. The van der Waals surface area contributed by atoms with Crippen molar-refractivity contribution in [3.8, 4) is 21.8 Å². The van der Waals surface area contributed by atoms with E-state index in [0.29, 0.717) is 4.47 Å². The molecule has 0 aliphatic rings. The van der Waals surface area contributed by atoms with Crippen molar-refractivity contribution in [3.05, 3.63) is 75.5 Å². The third-order valence-electron chi connectivity index (χ3n) is 3.70. The molecule has 3 nitrogen and oxygen atoms in total. The van der Waals surface area contributed by atoms with E-state index in [0.717, 1.165) is 38.9 Å². The van der Waals surface area contributed by atoms with Gasteiger partial charge in [-0.05, 0) is 12.1 Å². The predicted molar refractivity (Wildman–Crippen MR) is 107 cm³/mol. The summed E-state index contributed by atoms with van der Waals surface area (Å²) in [6, 6.07) is 18.6. The van der Waals surface area contributed by atoms with E-state index in [2.05, 4.69) is 52.1 Å². The van der Waals surface area contributed by atoms with Crippen LogP contribution in [0, 0.1) is 0 Å². The molecule has 1 N–H and O–H groups in total. The van der Waals surface area contributed by atoms with Gasteiger partial charge in [-0.2, -0.15) is 0 Å². The molecule has 0 saturated carbocycles. The van der Waals surface area contributed by atoms with E-state index in [4.69, 9.17) is 16.6 Å². The second kappa shape index (κ2) is 7.35. The third kappa shape index (κ3) is 3.90. The highest BCUT2D eigenvalue weighted by Gasteiger charge is 2.06. The molecule has 0 aliphatic heterocycles. The molecule has 124 valence electrons. The average Bonchev–Trinajstić information content (AvgIpc) is 3.30. The largest absolute Gasteiger partial charge is 0.380 e. The van der Waals surface area contributed by atoms with Crippen LogP contribution in [-0.2, 0) is 6.54 Å². The zero-order valence-electron chi connectivity index (χ0n) is 13.1. The first kappa shape index (κ1) is 16.3. The molecule has 2 aromatic carbocycles. The normalized spacial score (nSPS) is 10.8. The van der Waals surface area contributed by atoms with Gasteiger partial charge in [0.1, 0.15) is 5.01 Å². The van der Waals surface area contributed by atoms with Gasteiger partial charge < -0.3 is 5.32 Å². The maximum Gasteiger partial charge on any atom is 0.183 e. The fourth-order valence-electron chi connectivity index (χ4n) is 2.43. The molecule has 2 aromatic heterocycles. The molecule has 0 fully saturated rings. The highest BCUT2D eigenvalue weighted by molar-refractivity contribution is 7.15. The molecule has 0 radical (unpaired) electrons.